The molecule has 0 saturated heterocycles. The van der Waals surface area contributed by atoms with Gasteiger partial charge in [0.15, 0.2) is 11.6 Å². The minimum absolute atomic E-state index is 0.197. The highest BCUT2D eigenvalue weighted by Crippen LogP contribution is 2.34. The van der Waals surface area contributed by atoms with Crippen LogP contribution in [0.25, 0.3) is 28.1 Å². The average molecular weight is 448 g/mol. The number of Topliss-reactive ketones (excluding diaryl/α,β-unsaturated/α-hetero) is 2. The first-order valence-corrected chi connectivity index (χ1v) is 11.9. The van der Waals surface area contributed by atoms with Crippen LogP contribution in [0.1, 0.15) is 77.1 Å². The molecule has 1 aromatic heterocycles. The zero-order valence-electron chi connectivity index (χ0n) is 20.3. The van der Waals surface area contributed by atoms with Gasteiger partial charge < -0.3 is 4.57 Å². The molecule has 3 heteroatoms. The number of ketones is 2. The number of carbonyl (C=O) groups excluding carboxylic acids is 2. The van der Waals surface area contributed by atoms with Crippen molar-refractivity contribution in [1.29, 1.82) is 0 Å². The van der Waals surface area contributed by atoms with Crippen LogP contribution < -0.4 is 0 Å². The molecule has 0 unspecified atom stereocenters. The van der Waals surface area contributed by atoms with E-state index in [1.165, 1.54) is 11.1 Å². The van der Waals surface area contributed by atoms with Gasteiger partial charge in [-0.05, 0) is 81.8 Å². The summed E-state index contributed by atoms with van der Waals surface area (Å²) < 4.78 is 2.07. The van der Waals surface area contributed by atoms with E-state index >= 15 is 0 Å². The summed E-state index contributed by atoms with van der Waals surface area (Å²) in [6.45, 7) is 8.84. The second-order valence-electron chi connectivity index (χ2n) is 9.86. The highest BCUT2D eigenvalue weighted by Gasteiger charge is 2.33. The number of nitrogens with zero attached hydrogens (tertiary/aromatic N) is 1. The smallest absolute Gasteiger partial charge is 0.197 e. The third-order valence-electron chi connectivity index (χ3n) is 6.92. The molecule has 34 heavy (non-hydrogen) atoms. The molecule has 0 amide bonds. The fraction of sp³-hybridized carbons (Fsp3) is 0.226. The Labute approximate surface area is 200 Å². The number of hydrogen-bond donors (Lipinski definition) is 0. The fourth-order valence-corrected chi connectivity index (χ4v) is 4.74. The summed E-state index contributed by atoms with van der Waals surface area (Å²) in [6, 6.07) is 22.3. The van der Waals surface area contributed by atoms with Crippen LogP contribution in [-0.2, 0) is 7.05 Å². The van der Waals surface area contributed by atoms with Crippen LogP contribution in [-0.4, -0.2) is 16.1 Å². The highest BCUT2D eigenvalue weighted by atomic mass is 16.2. The highest BCUT2D eigenvalue weighted by molar-refractivity contribution is 6.42. The van der Waals surface area contributed by atoms with Crippen LogP contribution in [0, 0.1) is 0 Å². The van der Waals surface area contributed by atoms with Crippen molar-refractivity contribution in [3.05, 3.63) is 100 Å². The topological polar surface area (TPSA) is 39.1 Å². The molecule has 5 rings (SSSR count). The normalized spacial score (nSPS) is 13.4. The van der Waals surface area contributed by atoms with Crippen molar-refractivity contribution in [3.8, 4) is 11.3 Å². The van der Waals surface area contributed by atoms with Gasteiger partial charge in [-0.3, -0.25) is 9.59 Å². The fourth-order valence-electron chi connectivity index (χ4n) is 4.74. The molecular formula is C31H29NO2. The summed E-state index contributed by atoms with van der Waals surface area (Å²) in [4.78, 5) is 26.4. The molecule has 170 valence electrons. The number of rotatable bonds is 4. The van der Waals surface area contributed by atoms with Crippen molar-refractivity contribution >= 4 is 28.4 Å². The van der Waals surface area contributed by atoms with E-state index in [1.54, 1.807) is 6.08 Å². The minimum Gasteiger partial charge on any atom is -0.344 e. The van der Waals surface area contributed by atoms with Crippen molar-refractivity contribution in [2.75, 3.05) is 0 Å². The van der Waals surface area contributed by atoms with Gasteiger partial charge in [-0.2, -0.15) is 0 Å². The minimum atomic E-state index is -0.197. The zero-order valence-corrected chi connectivity index (χ0v) is 20.3. The molecule has 0 saturated carbocycles. The number of benzene rings is 3. The van der Waals surface area contributed by atoms with Crippen LogP contribution in [0.5, 0.6) is 0 Å². The SMILES string of the molecule is CC(C)c1cc(-c2ccc(C=C3C(=O)c4cc5ccccc5cc4C3=O)n2C)cc(C(C)C)c1. The van der Waals surface area contributed by atoms with Crippen LogP contribution in [0.4, 0.5) is 0 Å². The van der Waals surface area contributed by atoms with E-state index in [9.17, 15) is 9.59 Å². The molecule has 0 fully saturated rings. The summed E-state index contributed by atoms with van der Waals surface area (Å²) >= 11 is 0. The summed E-state index contributed by atoms with van der Waals surface area (Å²) in [7, 11) is 1.99. The molecular weight excluding hydrogens is 418 g/mol. The van der Waals surface area contributed by atoms with E-state index in [0.717, 1.165) is 27.7 Å². The lowest BCUT2D eigenvalue weighted by Crippen LogP contribution is -2.03. The number of carbonyl (C=O) groups is 2. The van der Waals surface area contributed by atoms with Gasteiger partial charge in [-0.1, -0.05) is 58.0 Å². The Morgan fingerprint density at radius 3 is 1.74 bits per heavy atom. The van der Waals surface area contributed by atoms with Gasteiger partial charge >= 0.3 is 0 Å². The van der Waals surface area contributed by atoms with Crippen LogP contribution in [0.15, 0.2) is 72.3 Å². The molecule has 1 heterocycles. The summed E-state index contributed by atoms with van der Waals surface area (Å²) in [5, 5.41) is 1.94. The lowest BCUT2D eigenvalue weighted by molar-refractivity contribution is 0.0990. The lowest BCUT2D eigenvalue weighted by atomic mass is 9.92. The number of allylic oxidation sites excluding steroid dienone is 1. The van der Waals surface area contributed by atoms with Crippen molar-refractivity contribution < 1.29 is 9.59 Å². The third kappa shape index (κ3) is 3.62. The maximum atomic E-state index is 13.2. The molecule has 0 bridgehead atoms. The second kappa shape index (κ2) is 8.25. The number of fused-ring (bicyclic) bond motifs is 2. The van der Waals surface area contributed by atoms with Crippen molar-refractivity contribution in [2.24, 2.45) is 7.05 Å². The first-order chi connectivity index (χ1) is 16.2. The maximum absolute atomic E-state index is 13.2. The van der Waals surface area contributed by atoms with Gasteiger partial charge in [0, 0.05) is 29.6 Å². The van der Waals surface area contributed by atoms with Gasteiger partial charge in [0.2, 0.25) is 0 Å². The van der Waals surface area contributed by atoms with Gasteiger partial charge in [-0.15, -0.1) is 0 Å². The van der Waals surface area contributed by atoms with E-state index in [4.69, 9.17) is 0 Å². The van der Waals surface area contributed by atoms with Gasteiger partial charge in [0.1, 0.15) is 0 Å². The number of hydrogen-bond acceptors (Lipinski definition) is 2. The van der Waals surface area contributed by atoms with E-state index < -0.39 is 0 Å². The Bertz CT molecular complexity index is 1410. The predicted octanol–water partition coefficient (Wildman–Crippen LogP) is 7.55. The van der Waals surface area contributed by atoms with Crippen molar-refractivity contribution in [2.45, 2.75) is 39.5 Å². The molecule has 3 aromatic carbocycles. The molecule has 0 spiro atoms. The summed E-state index contributed by atoms with van der Waals surface area (Å²) in [6.07, 6.45) is 1.74. The standard InChI is InChI=1S/C31H29NO2/c1-18(2)22-12-23(19(3)4)14-24(13-22)29-11-10-25(32(29)5)17-28-30(33)26-15-20-8-6-7-9-21(20)16-27(26)31(28)34/h6-19H,1-5H3. The molecule has 1 aliphatic carbocycles. The van der Waals surface area contributed by atoms with Crippen molar-refractivity contribution in [3.63, 3.8) is 0 Å². The molecule has 1 aliphatic rings. The maximum Gasteiger partial charge on any atom is 0.197 e. The Hall–Kier alpha value is -3.72. The summed E-state index contributed by atoms with van der Waals surface area (Å²) in [5.41, 5.74) is 6.91. The first-order valence-electron chi connectivity index (χ1n) is 11.9. The molecule has 3 nitrogen and oxygen atoms in total. The van der Waals surface area contributed by atoms with E-state index in [0.29, 0.717) is 23.0 Å². The Balaban J connectivity index is 1.57. The zero-order chi connectivity index (χ0) is 24.1. The molecule has 4 aromatic rings. The first kappa shape index (κ1) is 22.1. The Morgan fingerprint density at radius 2 is 1.24 bits per heavy atom. The second-order valence-corrected chi connectivity index (χ2v) is 9.86. The van der Waals surface area contributed by atoms with Crippen LogP contribution in [0.3, 0.4) is 0 Å². The Morgan fingerprint density at radius 1 is 0.706 bits per heavy atom. The molecule has 0 aliphatic heterocycles. The predicted molar refractivity (Wildman–Crippen MR) is 140 cm³/mol. The van der Waals surface area contributed by atoms with E-state index in [1.807, 2.05) is 49.5 Å². The molecule has 0 radical (unpaired) electrons. The molecule has 0 N–H and O–H groups in total. The number of aromatic nitrogens is 1. The summed E-state index contributed by atoms with van der Waals surface area (Å²) in [5.74, 6) is 0.471. The largest absolute Gasteiger partial charge is 0.344 e. The third-order valence-corrected chi connectivity index (χ3v) is 6.92. The monoisotopic (exact) mass is 447 g/mol. The average Bonchev–Trinajstić information content (AvgIpc) is 3.30. The van der Waals surface area contributed by atoms with E-state index in [2.05, 4.69) is 56.5 Å². The Kier molecular flexibility index (Phi) is 5.36. The lowest BCUT2D eigenvalue weighted by Gasteiger charge is -2.15. The molecule has 0 atom stereocenters. The van der Waals surface area contributed by atoms with E-state index in [-0.39, 0.29) is 17.1 Å². The van der Waals surface area contributed by atoms with Gasteiger partial charge in [-0.25, -0.2) is 0 Å². The van der Waals surface area contributed by atoms with Crippen LogP contribution in [0.2, 0.25) is 0 Å². The van der Waals surface area contributed by atoms with Crippen molar-refractivity contribution in [1.82, 2.24) is 4.57 Å². The van der Waals surface area contributed by atoms with Gasteiger partial charge in [0.25, 0.3) is 0 Å². The van der Waals surface area contributed by atoms with Crippen LogP contribution >= 0.6 is 0 Å². The van der Waals surface area contributed by atoms with Gasteiger partial charge in [0.05, 0.1) is 5.57 Å². The quantitative estimate of drug-likeness (QED) is 0.239.